The molecule has 0 amide bonds. The number of rotatable bonds is 5. The van der Waals surface area contributed by atoms with E-state index in [0.717, 1.165) is 23.0 Å². The van der Waals surface area contributed by atoms with Crippen LogP contribution in [0.5, 0.6) is 0 Å². The lowest BCUT2D eigenvalue weighted by molar-refractivity contribution is 0.544. The Morgan fingerprint density at radius 2 is 2.16 bits per heavy atom. The average Bonchev–Trinajstić information content (AvgIpc) is 2.44. The second kappa shape index (κ2) is 6.73. The molecule has 0 bridgehead atoms. The van der Waals surface area contributed by atoms with Gasteiger partial charge in [0.2, 0.25) is 0 Å². The second-order valence-corrected chi connectivity index (χ2v) is 5.14. The molecule has 0 saturated heterocycles. The molecule has 100 valence electrons. The van der Waals surface area contributed by atoms with E-state index in [0.29, 0.717) is 5.56 Å². The predicted molar refractivity (Wildman–Crippen MR) is 76.3 cm³/mol. The highest BCUT2D eigenvalue weighted by Gasteiger charge is 2.17. The molecule has 0 aliphatic rings. The van der Waals surface area contributed by atoms with E-state index < -0.39 is 0 Å². The molecule has 1 heterocycles. The summed E-state index contributed by atoms with van der Waals surface area (Å²) in [6.07, 6.45) is 4.25. The van der Waals surface area contributed by atoms with Gasteiger partial charge < -0.3 is 5.32 Å². The van der Waals surface area contributed by atoms with E-state index in [1.807, 2.05) is 6.07 Å². The SMILES string of the molecule is CCCNC(c1ccnnc1)c1cc(Br)ccc1F. The third kappa shape index (κ3) is 3.58. The van der Waals surface area contributed by atoms with Crippen LogP contribution in [-0.2, 0) is 0 Å². The van der Waals surface area contributed by atoms with Crippen LogP contribution >= 0.6 is 15.9 Å². The van der Waals surface area contributed by atoms with Crippen molar-refractivity contribution in [3.63, 3.8) is 0 Å². The molecule has 1 N–H and O–H groups in total. The van der Waals surface area contributed by atoms with E-state index in [-0.39, 0.29) is 11.9 Å². The lowest BCUT2D eigenvalue weighted by atomic mass is 10.00. The van der Waals surface area contributed by atoms with Crippen molar-refractivity contribution in [1.29, 1.82) is 0 Å². The zero-order valence-corrected chi connectivity index (χ0v) is 12.2. The van der Waals surface area contributed by atoms with Gasteiger partial charge in [0, 0.05) is 16.2 Å². The van der Waals surface area contributed by atoms with Crippen LogP contribution in [0.15, 0.2) is 41.1 Å². The van der Waals surface area contributed by atoms with Crippen molar-refractivity contribution in [3.8, 4) is 0 Å². The van der Waals surface area contributed by atoms with Crippen LogP contribution < -0.4 is 5.32 Å². The monoisotopic (exact) mass is 323 g/mol. The van der Waals surface area contributed by atoms with Crippen molar-refractivity contribution in [3.05, 3.63) is 58.1 Å². The molecular formula is C14H15BrFN3. The third-order valence-electron chi connectivity index (χ3n) is 2.81. The molecular weight excluding hydrogens is 309 g/mol. The van der Waals surface area contributed by atoms with Gasteiger partial charge in [0.25, 0.3) is 0 Å². The van der Waals surface area contributed by atoms with Crippen molar-refractivity contribution in [2.75, 3.05) is 6.54 Å². The van der Waals surface area contributed by atoms with Gasteiger partial charge in [-0.2, -0.15) is 10.2 Å². The van der Waals surface area contributed by atoms with Crippen molar-refractivity contribution in [2.45, 2.75) is 19.4 Å². The first kappa shape index (κ1) is 14.1. The summed E-state index contributed by atoms with van der Waals surface area (Å²) < 4.78 is 14.9. The third-order valence-corrected chi connectivity index (χ3v) is 3.30. The van der Waals surface area contributed by atoms with Crippen LogP contribution in [0.1, 0.15) is 30.5 Å². The van der Waals surface area contributed by atoms with E-state index in [9.17, 15) is 4.39 Å². The Hall–Kier alpha value is -1.33. The smallest absolute Gasteiger partial charge is 0.128 e. The molecule has 1 aromatic carbocycles. The Balaban J connectivity index is 2.40. The first-order chi connectivity index (χ1) is 9.22. The number of nitrogens with zero attached hydrogens (tertiary/aromatic N) is 2. The molecule has 1 aromatic heterocycles. The quantitative estimate of drug-likeness (QED) is 0.915. The number of nitrogens with one attached hydrogen (secondary N) is 1. The van der Waals surface area contributed by atoms with Crippen molar-refractivity contribution >= 4 is 15.9 Å². The molecule has 0 aliphatic heterocycles. The highest BCUT2D eigenvalue weighted by Crippen LogP contribution is 2.26. The molecule has 5 heteroatoms. The second-order valence-electron chi connectivity index (χ2n) is 4.23. The Morgan fingerprint density at radius 1 is 1.32 bits per heavy atom. The summed E-state index contributed by atoms with van der Waals surface area (Å²) in [6.45, 7) is 2.88. The van der Waals surface area contributed by atoms with Crippen LogP contribution in [0.3, 0.4) is 0 Å². The van der Waals surface area contributed by atoms with Gasteiger partial charge in [-0.05, 0) is 42.8 Å². The number of hydrogen-bond donors (Lipinski definition) is 1. The largest absolute Gasteiger partial charge is 0.306 e. The van der Waals surface area contributed by atoms with Crippen molar-refractivity contribution in [2.24, 2.45) is 0 Å². The molecule has 0 fully saturated rings. The van der Waals surface area contributed by atoms with Crippen molar-refractivity contribution < 1.29 is 4.39 Å². The predicted octanol–water partition coefficient (Wildman–Crippen LogP) is 3.47. The minimum absolute atomic E-state index is 0.215. The maximum absolute atomic E-state index is 14.0. The summed E-state index contributed by atoms with van der Waals surface area (Å²) in [7, 11) is 0. The van der Waals surface area contributed by atoms with Crippen LogP contribution in [0, 0.1) is 5.82 Å². The van der Waals surface area contributed by atoms with E-state index in [1.165, 1.54) is 6.07 Å². The molecule has 2 rings (SSSR count). The molecule has 19 heavy (non-hydrogen) atoms. The molecule has 1 unspecified atom stereocenters. The first-order valence-electron chi connectivity index (χ1n) is 6.17. The van der Waals surface area contributed by atoms with Crippen molar-refractivity contribution in [1.82, 2.24) is 15.5 Å². The number of aromatic nitrogens is 2. The average molecular weight is 324 g/mol. The number of hydrogen-bond acceptors (Lipinski definition) is 3. The lowest BCUT2D eigenvalue weighted by Crippen LogP contribution is -2.24. The summed E-state index contributed by atoms with van der Waals surface area (Å²) in [5.74, 6) is -0.228. The van der Waals surface area contributed by atoms with Crippen LogP contribution in [0.2, 0.25) is 0 Å². The molecule has 3 nitrogen and oxygen atoms in total. The summed E-state index contributed by atoms with van der Waals surface area (Å²) >= 11 is 3.38. The van der Waals surface area contributed by atoms with E-state index in [1.54, 1.807) is 24.5 Å². The zero-order valence-electron chi connectivity index (χ0n) is 10.6. The molecule has 2 aromatic rings. The summed E-state index contributed by atoms with van der Waals surface area (Å²) in [5.41, 5.74) is 1.51. The highest BCUT2D eigenvalue weighted by molar-refractivity contribution is 9.10. The standard InChI is InChI=1S/C14H15BrFN3/c1-2-6-17-14(10-5-7-18-19-9-10)12-8-11(15)3-4-13(12)16/h3-5,7-9,14,17H,2,6H2,1H3. The molecule has 1 atom stereocenters. The van der Waals surface area contributed by atoms with Crippen LogP contribution in [-0.4, -0.2) is 16.7 Å². The first-order valence-corrected chi connectivity index (χ1v) is 6.96. The van der Waals surface area contributed by atoms with Gasteiger partial charge >= 0.3 is 0 Å². The van der Waals surface area contributed by atoms with Crippen LogP contribution in [0.4, 0.5) is 4.39 Å². The van der Waals surface area contributed by atoms with E-state index >= 15 is 0 Å². The zero-order chi connectivity index (χ0) is 13.7. The fourth-order valence-corrected chi connectivity index (χ4v) is 2.28. The Morgan fingerprint density at radius 3 is 2.84 bits per heavy atom. The molecule has 0 saturated carbocycles. The summed E-state index contributed by atoms with van der Waals surface area (Å²) in [5, 5.41) is 11.0. The van der Waals surface area contributed by atoms with Gasteiger partial charge in [0.05, 0.1) is 12.2 Å². The minimum Gasteiger partial charge on any atom is -0.306 e. The summed E-state index contributed by atoms with van der Waals surface area (Å²) in [4.78, 5) is 0. The van der Waals surface area contributed by atoms with Gasteiger partial charge in [0.1, 0.15) is 5.82 Å². The van der Waals surface area contributed by atoms with E-state index in [4.69, 9.17) is 0 Å². The maximum Gasteiger partial charge on any atom is 0.128 e. The van der Waals surface area contributed by atoms with E-state index in [2.05, 4.69) is 38.4 Å². The van der Waals surface area contributed by atoms with Gasteiger partial charge in [-0.15, -0.1) is 0 Å². The molecule has 0 radical (unpaired) electrons. The maximum atomic E-state index is 14.0. The minimum atomic E-state index is -0.228. The Labute approximate surface area is 120 Å². The highest BCUT2D eigenvalue weighted by atomic mass is 79.9. The topological polar surface area (TPSA) is 37.8 Å². The van der Waals surface area contributed by atoms with Gasteiger partial charge in [-0.3, -0.25) is 0 Å². The fourth-order valence-electron chi connectivity index (χ4n) is 1.90. The normalized spacial score (nSPS) is 12.4. The number of benzene rings is 1. The fraction of sp³-hybridized carbons (Fsp3) is 0.286. The van der Waals surface area contributed by atoms with Gasteiger partial charge in [-0.25, -0.2) is 4.39 Å². The Kier molecular flexibility index (Phi) is 4.99. The molecule has 0 aliphatic carbocycles. The lowest BCUT2D eigenvalue weighted by Gasteiger charge is -2.19. The number of halogens is 2. The van der Waals surface area contributed by atoms with Gasteiger partial charge in [-0.1, -0.05) is 22.9 Å². The summed E-state index contributed by atoms with van der Waals surface area (Å²) in [6, 6.07) is 6.59. The van der Waals surface area contributed by atoms with Gasteiger partial charge in [0.15, 0.2) is 0 Å². The van der Waals surface area contributed by atoms with Crippen LogP contribution in [0.25, 0.3) is 0 Å². The Bertz CT molecular complexity index is 533. The molecule has 0 spiro atoms.